The summed E-state index contributed by atoms with van der Waals surface area (Å²) in [5.74, 6) is -0.0733. The van der Waals surface area contributed by atoms with Crippen molar-refractivity contribution in [3.8, 4) is 0 Å². The van der Waals surface area contributed by atoms with Crippen molar-refractivity contribution in [2.45, 2.75) is 44.9 Å². The van der Waals surface area contributed by atoms with Crippen LogP contribution < -0.4 is 10.6 Å². The van der Waals surface area contributed by atoms with Gasteiger partial charge in [-0.05, 0) is 36.8 Å². The largest absolute Gasteiger partial charge is 0.444 e. The Hall–Kier alpha value is -3.19. The summed E-state index contributed by atoms with van der Waals surface area (Å²) >= 11 is 1.44. The number of aromatic nitrogens is 1. The smallest absolute Gasteiger partial charge is 0.407 e. The van der Waals surface area contributed by atoms with E-state index in [9.17, 15) is 9.59 Å². The number of thiazole rings is 1. The zero-order valence-corrected chi connectivity index (χ0v) is 18.9. The Morgan fingerprint density at radius 3 is 2.25 bits per heavy atom. The summed E-state index contributed by atoms with van der Waals surface area (Å²) in [5.41, 5.74) is 3.96. The predicted octanol–water partition coefficient (Wildman–Crippen LogP) is 4.32. The highest BCUT2D eigenvalue weighted by molar-refractivity contribution is 7.09. The summed E-state index contributed by atoms with van der Waals surface area (Å²) in [6.07, 6.45) is 5.22. The lowest BCUT2D eigenvalue weighted by molar-refractivity contribution is -0.119. The minimum absolute atomic E-state index is 0.0665. The highest BCUT2D eigenvalue weighted by Gasteiger charge is 2.19. The Morgan fingerprint density at radius 1 is 1.00 bits per heavy atom. The average Bonchev–Trinajstić information content (AvgIpc) is 3.31. The van der Waals surface area contributed by atoms with Gasteiger partial charge in [0.05, 0.1) is 10.4 Å². The number of hydrogen-bond acceptors (Lipinski definition) is 5. The van der Waals surface area contributed by atoms with Crippen LogP contribution in [0, 0.1) is 6.42 Å². The van der Waals surface area contributed by atoms with Gasteiger partial charge in [0.2, 0.25) is 5.91 Å². The van der Waals surface area contributed by atoms with Crippen LogP contribution in [0.2, 0.25) is 0 Å². The maximum absolute atomic E-state index is 12.4. The minimum Gasteiger partial charge on any atom is -0.444 e. The predicted molar refractivity (Wildman–Crippen MR) is 126 cm³/mol. The molecule has 0 spiro atoms. The molecule has 2 N–H and O–H groups in total. The summed E-state index contributed by atoms with van der Waals surface area (Å²) in [6, 6.07) is 19.7. The lowest BCUT2D eigenvalue weighted by atomic mass is 9.96. The molecule has 1 aromatic heterocycles. The molecule has 0 saturated carbocycles. The summed E-state index contributed by atoms with van der Waals surface area (Å²) < 4.78 is 5.35. The lowest BCUT2D eigenvalue weighted by Gasteiger charge is -2.23. The Bertz CT molecular complexity index is 949. The van der Waals surface area contributed by atoms with Crippen LogP contribution in [0.5, 0.6) is 0 Å². The monoisotopic (exact) mass is 450 g/mol. The summed E-state index contributed by atoms with van der Waals surface area (Å²) in [6.45, 7) is 1.71. The molecule has 2 aromatic carbocycles. The molecule has 0 bridgehead atoms. The molecule has 3 rings (SSSR count). The molecule has 0 aliphatic rings. The van der Waals surface area contributed by atoms with E-state index in [0.29, 0.717) is 19.3 Å². The van der Waals surface area contributed by atoms with Gasteiger partial charge in [-0.25, -0.2) is 4.79 Å². The molecule has 0 aliphatic heterocycles. The third-order valence-electron chi connectivity index (χ3n) is 4.87. The van der Waals surface area contributed by atoms with Gasteiger partial charge in [0.15, 0.2) is 0 Å². The minimum atomic E-state index is -0.477. The molecule has 6 nitrogen and oxygen atoms in total. The standard InChI is InChI=1S/C25H28N3O3S/c1-19(29)27-22(14-20-8-4-2-5-9-20)12-13-23(15-21-10-6-3-7-11-21)28-25(30)31-17-24-16-26-18-32-24/h2-11,13,16,18,22-23H,12,14-15,17H2,1H3,(H,27,29)(H,28,30)/t22-,23-/m0/s1. The Labute approximate surface area is 193 Å². The van der Waals surface area contributed by atoms with Gasteiger partial charge in [-0.15, -0.1) is 11.3 Å². The zero-order valence-electron chi connectivity index (χ0n) is 18.1. The van der Waals surface area contributed by atoms with Crippen LogP contribution in [-0.2, 0) is 29.0 Å². The van der Waals surface area contributed by atoms with E-state index in [1.165, 1.54) is 18.3 Å². The molecule has 0 unspecified atom stereocenters. The van der Waals surface area contributed by atoms with Crippen molar-refractivity contribution < 1.29 is 14.3 Å². The third kappa shape index (κ3) is 8.51. The second-order valence-electron chi connectivity index (χ2n) is 7.54. The van der Waals surface area contributed by atoms with Crippen LogP contribution in [0.15, 0.2) is 72.4 Å². The highest BCUT2D eigenvalue weighted by Crippen LogP contribution is 2.13. The van der Waals surface area contributed by atoms with Gasteiger partial charge in [-0.1, -0.05) is 60.7 Å². The van der Waals surface area contributed by atoms with E-state index >= 15 is 0 Å². The van der Waals surface area contributed by atoms with Gasteiger partial charge in [0.25, 0.3) is 0 Å². The first kappa shape index (κ1) is 23.5. The van der Waals surface area contributed by atoms with Gasteiger partial charge in [-0.3, -0.25) is 9.78 Å². The number of nitrogens with one attached hydrogen (secondary N) is 2. The number of carbonyl (C=O) groups excluding carboxylic acids is 2. The fourth-order valence-electron chi connectivity index (χ4n) is 3.41. The fraction of sp³-hybridized carbons (Fsp3) is 0.280. The van der Waals surface area contributed by atoms with Crippen molar-refractivity contribution in [3.63, 3.8) is 0 Å². The normalized spacial score (nSPS) is 12.5. The molecular formula is C25H28N3O3S. The first-order chi connectivity index (χ1) is 15.6. The van der Waals surface area contributed by atoms with E-state index in [-0.39, 0.29) is 24.6 Å². The van der Waals surface area contributed by atoms with Crippen molar-refractivity contribution >= 4 is 23.3 Å². The molecule has 7 heteroatoms. The van der Waals surface area contributed by atoms with Gasteiger partial charge in [-0.2, -0.15) is 0 Å². The van der Waals surface area contributed by atoms with Crippen molar-refractivity contribution in [2.75, 3.05) is 0 Å². The number of ether oxygens (including phenoxy) is 1. The topological polar surface area (TPSA) is 80.3 Å². The van der Waals surface area contributed by atoms with Gasteiger partial charge < -0.3 is 15.4 Å². The molecular weight excluding hydrogens is 422 g/mol. The van der Waals surface area contributed by atoms with E-state index in [2.05, 4.69) is 15.6 Å². The van der Waals surface area contributed by atoms with Crippen LogP contribution >= 0.6 is 11.3 Å². The molecule has 32 heavy (non-hydrogen) atoms. The maximum atomic E-state index is 12.4. The van der Waals surface area contributed by atoms with E-state index in [1.54, 1.807) is 11.7 Å². The molecule has 1 radical (unpaired) electrons. The molecule has 0 aliphatic carbocycles. The summed E-state index contributed by atoms with van der Waals surface area (Å²) in [7, 11) is 0. The highest BCUT2D eigenvalue weighted by atomic mass is 32.1. The van der Waals surface area contributed by atoms with Crippen LogP contribution in [-0.4, -0.2) is 29.1 Å². The number of amides is 2. The molecule has 0 saturated heterocycles. The first-order valence-corrected chi connectivity index (χ1v) is 11.5. The quantitative estimate of drug-likeness (QED) is 0.456. The van der Waals surface area contributed by atoms with Crippen molar-refractivity contribution in [2.24, 2.45) is 0 Å². The molecule has 0 fully saturated rings. The Morgan fingerprint density at radius 2 is 1.66 bits per heavy atom. The summed E-state index contributed by atoms with van der Waals surface area (Å²) in [4.78, 5) is 29.0. The number of rotatable bonds is 11. The first-order valence-electron chi connectivity index (χ1n) is 10.6. The summed E-state index contributed by atoms with van der Waals surface area (Å²) in [5, 5.41) is 5.98. The lowest BCUT2D eigenvalue weighted by Crippen LogP contribution is -2.40. The third-order valence-corrected chi connectivity index (χ3v) is 5.62. The van der Waals surface area contributed by atoms with E-state index in [0.717, 1.165) is 16.0 Å². The van der Waals surface area contributed by atoms with Crippen LogP contribution in [0.3, 0.4) is 0 Å². The number of alkyl carbamates (subject to hydrolysis) is 1. The molecule has 2 amide bonds. The van der Waals surface area contributed by atoms with Gasteiger partial charge in [0.1, 0.15) is 6.61 Å². The number of carbonyl (C=O) groups is 2. The van der Waals surface area contributed by atoms with Crippen LogP contribution in [0.1, 0.15) is 29.3 Å². The molecule has 1 heterocycles. The number of benzene rings is 2. The van der Waals surface area contributed by atoms with Gasteiger partial charge >= 0.3 is 6.09 Å². The Balaban J connectivity index is 1.61. The van der Waals surface area contributed by atoms with Crippen molar-refractivity contribution in [1.82, 2.24) is 15.6 Å². The zero-order chi connectivity index (χ0) is 22.6. The number of hydrogen-bond donors (Lipinski definition) is 2. The van der Waals surface area contributed by atoms with Crippen molar-refractivity contribution in [1.29, 1.82) is 0 Å². The van der Waals surface area contributed by atoms with Gasteiger partial charge in [0, 0.05) is 25.2 Å². The Kier molecular flexibility index (Phi) is 9.25. The van der Waals surface area contributed by atoms with Crippen molar-refractivity contribution in [3.05, 3.63) is 94.8 Å². The second kappa shape index (κ2) is 12.6. The van der Waals surface area contributed by atoms with E-state index in [4.69, 9.17) is 4.74 Å². The van der Waals surface area contributed by atoms with Crippen LogP contribution in [0.25, 0.3) is 0 Å². The number of nitrogens with zero attached hydrogens (tertiary/aromatic N) is 1. The van der Waals surface area contributed by atoms with E-state index in [1.807, 2.05) is 67.1 Å². The SMILES string of the molecule is CC(=O)N[C@@H](C[CH][C@@H](Cc1ccccc1)NC(=O)OCc1cncs1)Cc1ccccc1. The molecule has 2 atom stereocenters. The molecule has 3 aromatic rings. The second-order valence-corrected chi connectivity index (χ2v) is 8.51. The fourth-order valence-corrected chi connectivity index (χ4v) is 3.92. The maximum Gasteiger partial charge on any atom is 0.407 e. The van der Waals surface area contributed by atoms with Crippen LogP contribution in [0.4, 0.5) is 4.79 Å². The molecule has 167 valence electrons. The average molecular weight is 451 g/mol. The van der Waals surface area contributed by atoms with E-state index < -0.39 is 6.09 Å².